The average molecular weight is 425 g/mol. The van der Waals surface area contributed by atoms with Crippen LogP contribution >= 0.6 is 0 Å². The SMILES string of the molecule is CCCCc1ccccc1C(=O)OC(C)CC(C)OC(=O)c1ccccc1CCCC. The van der Waals surface area contributed by atoms with Gasteiger partial charge in [0.15, 0.2) is 0 Å². The Morgan fingerprint density at radius 1 is 0.710 bits per heavy atom. The molecule has 0 aromatic heterocycles. The summed E-state index contributed by atoms with van der Waals surface area (Å²) in [5, 5.41) is 0. The van der Waals surface area contributed by atoms with Gasteiger partial charge < -0.3 is 9.47 Å². The van der Waals surface area contributed by atoms with E-state index in [2.05, 4.69) is 13.8 Å². The molecule has 0 N–H and O–H groups in total. The predicted molar refractivity (Wildman–Crippen MR) is 124 cm³/mol. The van der Waals surface area contributed by atoms with Crippen LogP contribution in [0.25, 0.3) is 0 Å². The van der Waals surface area contributed by atoms with E-state index >= 15 is 0 Å². The molecule has 0 saturated heterocycles. The van der Waals surface area contributed by atoms with Gasteiger partial charge in [0.1, 0.15) is 12.2 Å². The van der Waals surface area contributed by atoms with Crippen LogP contribution in [-0.4, -0.2) is 24.1 Å². The lowest BCUT2D eigenvalue weighted by Gasteiger charge is -2.20. The molecule has 0 heterocycles. The van der Waals surface area contributed by atoms with Crippen LogP contribution in [0.1, 0.15) is 91.6 Å². The summed E-state index contributed by atoms with van der Waals surface area (Å²) >= 11 is 0. The fourth-order valence-corrected chi connectivity index (χ4v) is 3.67. The molecule has 2 rings (SSSR count). The van der Waals surface area contributed by atoms with Gasteiger partial charge in [0, 0.05) is 6.42 Å². The van der Waals surface area contributed by atoms with Gasteiger partial charge in [0.25, 0.3) is 0 Å². The van der Waals surface area contributed by atoms with Crippen LogP contribution in [0.15, 0.2) is 48.5 Å². The lowest BCUT2D eigenvalue weighted by atomic mass is 10.0. The molecule has 0 amide bonds. The van der Waals surface area contributed by atoms with E-state index in [-0.39, 0.29) is 24.1 Å². The van der Waals surface area contributed by atoms with Gasteiger partial charge in [-0.2, -0.15) is 0 Å². The second-order valence-electron chi connectivity index (χ2n) is 8.19. The Bertz CT molecular complexity index is 773. The molecule has 0 saturated carbocycles. The molecular formula is C27H36O4. The lowest BCUT2D eigenvalue weighted by molar-refractivity contribution is 0.00752. The summed E-state index contributed by atoms with van der Waals surface area (Å²) in [6.45, 7) is 7.94. The summed E-state index contributed by atoms with van der Waals surface area (Å²) in [5.41, 5.74) is 3.28. The van der Waals surface area contributed by atoms with E-state index in [4.69, 9.17) is 9.47 Å². The largest absolute Gasteiger partial charge is 0.459 e. The molecule has 0 aliphatic carbocycles. The number of esters is 2. The van der Waals surface area contributed by atoms with E-state index < -0.39 is 0 Å². The van der Waals surface area contributed by atoms with E-state index in [0.717, 1.165) is 49.7 Å². The van der Waals surface area contributed by atoms with E-state index in [1.165, 1.54) is 0 Å². The number of unbranched alkanes of at least 4 members (excludes halogenated alkanes) is 2. The maximum atomic E-state index is 12.7. The van der Waals surface area contributed by atoms with E-state index in [9.17, 15) is 9.59 Å². The van der Waals surface area contributed by atoms with Crippen LogP contribution in [0.5, 0.6) is 0 Å². The van der Waals surface area contributed by atoms with Gasteiger partial charge in [-0.1, -0.05) is 63.1 Å². The van der Waals surface area contributed by atoms with Crippen molar-refractivity contribution >= 4 is 11.9 Å². The van der Waals surface area contributed by atoms with Gasteiger partial charge in [-0.15, -0.1) is 0 Å². The Hall–Kier alpha value is -2.62. The maximum absolute atomic E-state index is 12.7. The third-order valence-electron chi connectivity index (χ3n) is 5.35. The summed E-state index contributed by atoms with van der Waals surface area (Å²) < 4.78 is 11.3. The molecule has 0 aliphatic rings. The third kappa shape index (κ3) is 7.86. The van der Waals surface area contributed by atoms with Crippen molar-refractivity contribution in [3.63, 3.8) is 0 Å². The van der Waals surface area contributed by atoms with Crippen molar-refractivity contribution in [3.8, 4) is 0 Å². The average Bonchev–Trinajstić information content (AvgIpc) is 2.76. The van der Waals surface area contributed by atoms with Crippen molar-refractivity contribution in [1.29, 1.82) is 0 Å². The van der Waals surface area contributed by atoms with Crippen molar-refractivity contribution in [3.05, 3.63) is 70.8 Å². The first-order valence-corrected chi connectivity index (χ1v) is 11.5. The number of carbonyl (C=O) groups is 2. The molecule has 2 aromatic carbocycles. The van der Waals surface area contributed by atoms with Gasteiger partial charge in [-0.05, 0) is 62.8 Å². The minimum atomic E-state index is -0.357. The van der Waals surface area contributed by atoms with Crippen molar-refractivity contribution in [2.45, 2.75) is 84.8 Å². The Balaban J connectivity index is 1.92. The molecule has 0 aliphatic heterocycles. The molecule has 2 aromatic rings. The summed E-state index contributed by atoms with van der Waals surface area (Å²) in [5.74, 6) is -0.634. The zero-order chi connectivity index (χ0) is 22.6. The molecule has 4 heteroatoms. The maximum Gasteiger partial charge on any atom is 0.338 e. The number of benzene rings is 2. The first-order chi connectivity index (χ1) is 15.0. The van der Waals surface area contributed by atoms with Crippen LogP contribution in [0, 0.1) is 0 Å². The molecule has 4 nitrogen and oxygen atoms in total. The highest BCUT2D eigenvalue weighted by Gasteiger charge is 2.20. The zero-order valence-corrected chi connectivity index (χ0v) is 19.4. The number of rotatable bonds is 12. The van der Waals surface area contributed by atoms with Crippen LogP contribution in [-0.2, 0) is 22.3 Å². The Morgan fingerprint density at radius 2 is 1.10 bits per heavy atom. The highest BCUT2D eigenvalue weighted by molar-refractivity contribution is 5.91. The van der Waals surface area contributed by atoms with Gasteiger partial charge in [0.05, 0.1) is 11.1 Å². The van der Waals surface area contributed by atoms with Crippen LogP contribution in [0.3, 0.4) is 0 Å². The molecule has 31 heavy (non-hydrogen) atoms. The number of hydrogen-bond donors (Lipinski definition) is 0. The first-order valence-electron chi connectivity index (χ1n) is 11.5. The van der Waals surface area contributed by atoms with Crippen molar-refractivity contribution in [2.75, 3.05) is 0 Å². The van der Waals surface area contributed by atoms with E-state index in [0.29, 0.717) is 17.5 Å². The monoisotopic (exact) mass is 424 g/mol. The smallest absolute Gasteiger partial charge is 0.338 e. The van der Waals surface area contributed by atoms with Gasteiger partial charge in [-0.25, -0.2) is 9.59 Å². The second kappa shape index (κ2) is 12.9. The topological polar surface area (TPSA) is 52.6 Å². The van der Waals surface area contributed by atoms with Crippen molar-refractivity contribution in [2.24, 2.45) is 0 Å². The third-order valence-corrected chi connectivity index (χ3v) is 5.35. The molecule has 0 fully saturated rings. The summed E-state index contributed by atoms with van der Waals surface area (Å²) in [7, 11) is 0. The van der Waals surface area contributed by atoms with Crippen LogP contribution < -0.4 is 0 Å². The molecule has 0 bridgehead atoms. The summed E-state index contributed by atoms with van der Waals surface area (Å²) in [6, 6.07) is 15.2. The molecule has 2 unspecified atom stereocenters. The molecule has 0 radical (unpaired) electrons. The molecule has 2 atom stereocenters. The van der Waals surface area contributed by atoms with Gasteiger partial charge in [0.2, 0.25) is 0 Å². The van der Waals surface area contributed by atoms with E-state index in [1.54, 1.807) is 0 Å². The normalized spacial score (nSPS) is 12.8. The molecule has 0 spiro atoms. The highest BCUT2D eigenvalue weighted by atomic mass is 16.6. The Kier molecular flexibility index (Phi) is 10.3. The van der Waals surface area contributed by atoms with Gasteiger partial charge >= 0.3 is 11.9 Å². The zero-order valence-electron chi connectivity index (χ0n) is 19.4. The number of ether oxygens (including phenoxy) is 2. The Labute approximate surface area is 187 Å². The van der Waals surface area contributed by atoms with E-state index in [1.807, 2.05) is 62.4 Å². The first kappa shape index (κ1) is 24.6. The summed E-state index contributed by atoms with van der Waals surface area (Å²) in [6.07, 6.45) is 5.68. The Morgan fingerprint density at radius 3 is 1.48 bits per heavy atom. The lowest BCUT2D eigenvalue weighted by Crippen LogP contribution is -2.24. The minimum absolute atomic E-state index is 0.317. The summed E-state index contributed by atoms with van der Waals surface area (Å²) in [4.78, 5) is 25.4. The minimum Gasteiger partial charge on any atom is -0.459 e. The molecule has 168 valence electrons. The number of aryl methyl sites for hydroxylation is 2. The van der Waals surface area contributed by atoms with Crippen LogP contribution in [0.4, 0.5) is 0 Å². The fraction of sp³-hybridized carbons (Fsp3) is 0.481. The van der Waals surface area contributed by atoms with Gasteiger partial charge in [-0.3, -0.25) is 0 Å². The predicted octanol–water partition coefficient (Wildman–Crippen LogP) is 6.55. The van der Waals surface area contributed by atoms with Crippen molar-refractivity contribution < 1.29 is 19.1 Å². The number of hydrogen-bond acceptors (Lipinski definition) is 4. The standard InChI is InChI=1S/C27H36O4/c1-5-7-13-22-15-9-11-17-24(22)26(28)30-20(3)19-21(4)31-27(29)25-18-12-10-16-23(25)14-8-6-2/h9-12,15-18,20-21H,5-8,13-14,19H2,1-4H3. The van der Waals surface area contributed by atoms with Crippen LogP contribution in [0.2, 0.25) is 0 Å². The van der Waals surface area contributed by atoms with Crippen molar-refractivity contribution in [1.82, 2.24) is 0 Å². The second-order valence-corrected chi connectivity index (χ2v) is 8.19. The quantitative estimate of drug-likeness (QED) is 0.362. The molecular weight excluding hydrogens is 388 g/mol. The fourth-order valence-electron chi connectivity index (χ4n) is 3.67. The highest BCUT2D eigenvalue weighted by Crippen LogP contribution is 2.18. The number of carbonyl (C=O) groups excluding carboxylic acids is 2.